The van der Waals surface area contributed by atoms with Crippen LogP contribution in [0.2, 0.25) is 0 Å². The lowest BCUT2D eigenvalue weighted by Gasteiger charge is -2.31. The number of guanidine groups is 1. The monoisotopic (exact) mass is 390 g/mol. The molecule has 0 aliphatic heterocycles. The molecule has 0 radical (unpaired) electrons. The van der Waals surface area contributed by atoms with Gasteiger partial charge in [-0.1, -0.05) is 18.9 Å². The van der Waals surface area contributed by atoms with Crippen LogP contribution in [-0.2, 0) is 12.0 Å². The van der Waals surface area contributed by atoms with Crippen LogP contribution in [0, 0.1) is 25.5 Å². The second-order valence-electron chi connectivity index (χ2n) is 7.38. The van der Waals surface area contributed by atoms with Gasteiger partial charge in [0.05, 0.1) is 5.69 Å². The number of halogens is 2. The Labute approximate surface area is 164 Å². The Bertz CT molecular complexity index is 801. The van der Waals surface area contributed by atoms with Crippen LogP contribution in [0.1, 0.15) is 55.5 Å². The van der Waals surface area contributed by atoms with Crippen molar-refractivity contribution in [3.05, 3.63) is 52.7 Å². The fourth-order valence-corrected chi connectivity index (χ4v) is 3.92. The number of oxazole rings is 1. The lowest BCUT2D eigenvalue weighted by atomic mass is 9.78. The molecule has 7 heteroatoms. The minimum atomic E-state index is -0.568. The summed E-state index contributed by atoms with van der Waals surface area (Å²) in [6.45, 7) is 7.12. The predicted octanol–water partition coefficient (Wildman–Crippen LogP) is 4.14. The summed E-state index contributed by atoms with van der Waals surface area (Å²) >= 11 is 0. The van der Waals surface area contributed by atoms with Gasteiger partial charge in [-0.2, -0.15) is 0 Å². The van der Waals surface area contributed by atoms with Crippen molar-refractivity contribution >= 4 is 5.96 Å². The van der Waals surface area contributed by atoms with Crippen LogP contribution in [0.4, 0.5) is 8.78 Å². The van der Waals surface area contributed by atoms with Gasteiger partial charge in [0.2, 0.25) is 5.89 Å². The topological polar surface area (TPSA) is 62.5 Å². The zero-order valence-electron chi connectivity index (χ0n) is 16.7. The second kappa shape index (κ2) is 8.71. The van der Waals surface area contributed by atoms with Gasteiger partial charge in [0.1, 0.15) is 23.9 Å². The molecule has 1 aromatic heterocycles. The molecule has 0 atom stereocenters. The molecule has 152 valence electrons. The number of benzene rings is 1. The quantitative estimate of drug-likeness (QED) is 0.575. The summed E-state index contributed by atoms with van der Waals surface area (Å²) in [5.74, 6) is 0.956. The van der Waals surface area contributed by atoms with E-state index in [1.807, 2.05) is 20.8 Å². The Morgan fingerprint density at radius 2 is 1.86 bits per heavy atom. The van der Waals surface area contributed by atoms with Crippen molar-refractivity contribution in [2.75, 3.05) is 13.1 Å². The van der Waals surface area contributed by atoms with Gasteiger partial charge in [-0.25, -0.2) is 18.8 Å². The lowest BCUT2D eigenvalue weighted by molar-refractivity contribution is 0.386. The van der Waals surface area contributed by atoms with E-state index in [0.29, 0.717) is 31.5 Å². The number of nitrogens with zero attached hydrogens (tertiary/aromatic N) is 2. The molecule has 1 aliphatic carbocycles. The van der Waals surface area contributed by atoms with Crippen molar-refractivity contribution < 1.29 is 13.2 Å². The Hall–Kier alpha value is -2.44. The lowest BCUT2D eigenvalue weighted by Crippen LogP contribution is -2.45. The van der Waals surface area contributed by atoms with E-state index < -0.39 is 17.0 Å². The number of rotatable bonds is 6. The minimum absolute atomic E-state index is 0.190. The molecule has 0 saturated heterocycles. The third-order valence-corrected chi connectivity index (χ3v) is 5.44. The smallest absolute Gasteiger partial charge is 0.216 e. The Morgan fingerprint density at radius 1 is 1.18 bits per heavy atom. The van der Waals surface area contributed by atoms with Gasteiger partial charge in [0, 0.05) is 24.1 Å². The second-order valence-corrected chi connectivity index (χ2v) is 7.38. The average Bonchev–Trinajstić information content (AvgIpc) is 3.25. The summed E-state index contributed by atoms with van der Waals surface area (Å²) in [4.78, 5) is 8.86. The van der Waals surface area contributed by atoms with E-state index in [-0.39, 0.29) is 5.56 Å². The predicted molar refractivity (Wildman–Crippen MR) is 105 cm³/mol. The van der Waals surface area contributed by atoms with Crippen molar-refractivity contribution in [2.45, 2.75) is 58.4 Å². The van der Waals surface area contributed by atoms with E-state index in [1.165, 1.54) is 18.2 Å². The molecule has 0 bridgehead atoms. The number of aryl methyl sites for hydroxylation is 2. The summed E-state index contributed by atoms with van der Waals surface area (Å²) in [5.41, 5.74) is 0.472. The molecule has 0 spiro atoms. The number of hydrogen-bond donors (Lipinski definition) is 2. The highest BCUT2D eigenvalue weighted by molar-refractivity contribution is 5.79. The molecular formula is C21H28F2N4O. The maximum atomic E-state index is 14.5. The molecular weight excluding hydrogens is 362 g/mol. The first-order valence-corrected chi connectivity index (χ1v) is 9.85. The standard InChI is InChI=1S/C21H28F2N4O/c1-4-24-20(25-12-18-27-14(2)15(3)28-18)26-13-21(10-5-6-11-21)19-16(22)8-7-9-17(19)23/h7-9H,4-6,10-13H2,1-3H3,(H2,24,25,26). The van der Waals surface area contributed by atoms with E-state index in [9.17, 15) is 8.78 Å². The normalized spacial score (nSPS) is 16.4. The van der Waals surface area contributed by atoms with E-state index in [2.05, 4.69) is 20.6 Å². The van der Waals surface area contributed by atoms with Gasteiger partial charge in [-0.3, -0.25) is 0 Å². The van der Waals surface area contributed by atoms with Gasteiger partial charge < -0.3 is 15.1 Å². The molecule has 0 amide bonds. The van der Waals surface area contributed by atoms with Crippen LogP contribution < -0.4 is 10.6 Å². The highest BCUT2D eigenvalue weighted by atomic mass is 19.1. The number of hydrogen-bond acceptors (Lipinski definition) is 3. The van der Waals surface area contributed by atoms with Gasteiger partial charge in [-0.15, -0.1) is 0 Å². The molecule has 0 unspecified atom stereocenters. The van der Waals surface area contributed by atoms with E-state index in [4.69, 9.17) is 4.42 Å². The fraction of sp³-hybridized carbons (Fsp3) is 0.524. The Balaban J connectivity index is 1.77. The molecule has 28 heavy (non-hydrogen) atoms. The molecule has 1 aliphatic rings. The third-order valence-electron chi connectivity index (χ3n) is 5.44. The summed E-state index contributed by atoms with van der Waals surface area (Å²) in [6.07, 6.45) is 3.40. The summed E-state index contributed by atoms with van der Waals surface area (Å²) < 4.78 is 34.6. The first-order chi connectivity index (χ1) is 13.4. The zero-order valence-corrected chi connectivity index (χ0v) is 16.7. The number of aromatic nitrogens is 1. The SMILES string of the molecule is CCNC(=NCc1nc(C)c(C)o1)NCC1(c2c(F)cccc2F)CCCC1. The Kier molecular flexibility index (Phi) is 6.31. The molecule has 1 heterocycles. The molecule has 2 N–H and O–H groups in total. The van der Waals surface area contributed by atoms with Crippen LogP contribution in [0.5, 0.6) is 0 Å². The molecule has 1 aromatic carbocycles. The first kappa shape index (κ1) is 20.3. The van der Waals surface area contributed by atoms with Crippen LogP contribution in [0.3, 0.4) is 0 Å². The number of aliphatic imine (C=N–C) groups is 1. The Morgan fingerprint density at radius 3 is 2.43 bits per heavy atom. The first-order valence-electron chi connectivity index (χ1n) is 9.85. The van der Waals surface area contributed by atoms with Crippen molar-refractivity contribution in [2.24, 2.45) is 4.99 Å². The van der Waals surface area contributed by atoms with Gasteiger partial charge in [-0.05, 0) is 45.7 Å². The largest absolute Gasteiger partial charge is 0.444 e. The summed E-state index contributed by atoms with van der Waals surface area (Å²) in [6, 6.07) is 4.09. The van der Waals surface area contributed by atoms with Gasteiger partial charge in [0.15, 0.2) is 5.96 Å². The van der Waals surface area contributed by atoms with Crippen molar-refractivity contribution in [1.82, 2.24) is 15.6 Å². The summed E-state index contributed by atoms with van der Waals surface area (Å²) in [5, 5.41) is 6.46. The van der Waals surface area contributed by atoms with E-state index in [0.717, 1.165) is 37.1 Å². The molecule has 3 rings (SSSR count). The van der Waals surface area contributed by atoms with Crippen LogP contribution in [0.25, 0.3) is 0 Å². The maximum absolute atomic E-state index is 14.5. The zero-order chi connectivity index (χ0) is 20.1. The molecule has 1 saturated carbocycles. The highest BCUT2D eigenvalue weighted by Gasteiger charge is 2.39. The molecule has 2 aromatic rings. The summed E-state index contributed by atoms with van der Waals surface area (Å²) in [7, 11) is 0. The average molecular weight is 390 g/mol. The van der Waals surface area contributed by atoms with Crippen molar-refractivity contribution in [3.8, 4) is 0 Å². The number of nitrogens with one attached hydrogen (secondary N) is 2. The van der Waals surface area contributed by atoms with Crippen molar-refractivity contribution in [3.63, 3.8) is 0 Å². The molecule has 5 nitrogen and oxygen atoms in total. The van der Waals surface area contributed by atoms with Crippen molar-refractivity contribution in [1.29, 1.82) is 0 Å². The maximum Gasteiger partial charge on any atom is 0.216 e. The molecule has 1 fully saturated rings. The van der Waals surface area contributed by atoms with Crippen LogP contribution in [-0.4, -0.2) is 24.0 Å². The minimum Gasteiger partial charge on any atom is -0.444 e. The highest BCUT2D eigenvalue weighted by Crippen LogP contribution is 2.42. The van der Waals surface area contributed by atoms with Crippen LogP contribution in [0.15, 0.2) is 27.6 Å². The van der Waals surface area contributed by atoms with Gasteiger partial charge >= 0.3 is 0 Å². The van der Waals surface area contributed by atoms with E-state index >= 15 is 0 Å². The van der Waals surface area contributed by atoms with Crippen LogP contribution >= 0.6 is 0 Å². The van der Waals surface area contributed by atoms with E-state index in [1.54, 1.807) is 0 Å². The van der Waals surface area contributed by atoms with Gasteiger partial charge in [0.25, 0.3) is 0 Å². The fourth-order valence-electron chi connectivity index (χ4n) is 3.92. The third kappa shape index (κ3) is 4.34.